The highest BCUT2D eigenvalue weighted by Crippen LogP contribution is 2.14. The molecule has 0 saturated carbocycles. The molecule has 2 heterocycles. The van der Waals surface area contributed by atoms with Crippen molar-refractivity contribution in [2.75, 3.05) is 7.11 Å². The van der Waals surface area contributed by atoms with Crippen LogP contribution in [0.4, 0.5) is 0 Å². The summed E-state index contributed by atoms with van der Waals surface area (Å²) in [4.78, 5) is 9.12. The zero-order valence-electron chi connectivity index (χ0n) is 11.6. The van der Waals surface area contributed by atoms with Crippen LogP contribution in [0.3, 0.4) is 0 Å². The molecule has 0 radical (unpaired) electrons. The van der Waals surface area contributed by atoms with Crippen LogP contribution in [0.5, 0.6) is 5.75 Å². The van der Waals surface area contributed by atoms with E-state index in [0.717, 1.165) is 22.7 Å². The highest BCUT2D eigenvalue weighted by Gasteiger charge is 2.02. The van der Waals surface area contributed by atoms with Crippen molar-refractivity contribution >= 4 is 11.9 Å². The minimum atomic E-state index is 0.438. The van der Waals surface area contributed by atoms with Crippen LogP contribution in [-0.2, 0) is 11.4 Å². The van der Waals surface area contributed by atoms with Crippen molar-refractivity contribution in [3.63, 3.8) is 0 Å². The molecule has 0 unspecified atom stereocenters. The number of fused-ring (bicyclic) bond motifs is 1. The van der Waals surface area contributed by atoms with Gasteiger partial charge >= 0.3 is 0 Å². The Morgan fingerprint density at radius 1 is 1.19 bits per heavy atom. The van der Waals surface area contributed by atoms with Gasteiger partial charge in [0.15, 0.2) is 0 Å². The van der Waals surface area contributed by atoms with Gasteiger partial charge in [-0.15, -0.1) is 0 Å². The van der Waals surface area contributed by atoms with E-state index in [0.29, 0.717) is 6.61 Å². The standard InChI is InChI=1S/C16H15N3O2/c1-20-17-10-13-5-7-15(8-6-13)21-12-14-11-19-9-3-2-4-16(19)18-14/h2-11H,12H2,1H3/b17-10+. The summed E-state index contributed by atoms with van der Waals surface area (Å²) in [6.07, 6.45) is 5.58. The molecule has 0 aliphatic carbocycles. The smallest absolute Gasteiger partial charge is 0.137 e. The molecule has 0 spiro atoms. The summed E-state index contributed by atoms with van der Waals surface area (Å²) in [7, 11) is 1.52. The summed E-state index contributed by atoms with van der Waals surface area (Å²) in [5.41, 5.74) is 2.77. The van der Waals surface area contributed by atoms with Gasteiger partial charge in [0.2, 0.25) is 0 Å². The minimum absolute atomic E-state index is 0.438. The van der Waals surface area contributed by atoms with Crippen molar-refractivity contribution in [2.24, 2.45) is 5.16 Å². The highest BCUT2D eigenvalue weighted by atomic mass is 16.6. The molecule has 0 aliphatic heterocycles. The fourth-order valence-electron chi connectivity index (χ4n) is 1.98. The molecule has 0 aliphatic rings. The van der Waals surface area contributed by atoms with Crippen molar-refractivity contribution in [3.05, 3.63) is 66.1 Å². The lowest BCUT2D eigenvalue weighted by atomic mass is 10.2. The van der Waals surface area contributed by atoms with Gasteiger partial charge in [0.1, 0.15) is 25.1 Å². The number of ether oxygens (including phenoxy) is 1. The van der Waals surface area contributed by atoms with Gasteiger partial charge < -0.3 is 14.0 Å². The molecule has 0 bridgehead atoms. The van der Waals surface area contributed by atoms with Crippen LogP contribution in [0.2, 0.25) is 0 Å². The van der Waals surface area contributed by atoms with Gasteiger partial charge in [0.25, 0.3) is 0 Å². The third kappa shape index (κ3) is 3.20. The normalized spacial score (nSPS) is 11.1. The Hall–Kier alpha value is -2.82. The Kier molecular flexibility index (Phi) is 3.82. The molecule has 2 aromatic heterocycles. The van der Waals surface area contributed by atoms with Crippen LogP contribution < -0.4 is 4.74 Å². The first-order valence-electron chi connectivity index (χ1n) is 6.57. The van der Waals surface area contributed by atoms with Crippen molar-refractivity contribution in [3.8, 4) is 5.75 Å². The molecule has 0 fully saturated rings. The first-order valence-corrected chi connectivity index (χ1v) is 6.57. The minimum Gasteiger partial charge on any atom is -0.487 e. The van der Waals surface area contributed by atoms with Crippen molar-refractivity contribution in [1.82, 2.24) is 9.38 Å². The summed E-state index contributed by atoms with van der Waals surface area (Å²) < 4.78 is 7.70. The first kappa shape index (κ1) is 13.2. The lowest BCUT2D eigenvalue weighted by Gasteiger charge is -2.03. The fourth-order valence-corrected chi connectivity index (χ4v) is 1.98. The van der Waals surface area contributed by atoms with Gasteiger partial charge in [-0.1, -0.05) is 11.2 Å². The van der Waals surface area contributed by atoms with E-state index >= 15 is 0 Å². The molecule has 0 amide bonds. The summed E-state index contributed by atoms with van der Waals surface area (Å²) in [6.45, 7) is 0.438. The summed E-state index contributed by atoms with van der Waals surface area (Å²) in [5, 5.41) is 3.71. The summed E-state index contributed by atoms with van der Waals surface area (Å²) in [6, 6.07) is 13.5. The fraction of sp³-hybridized carbons (Fsp3) is 0.125. The van der Waals surface area contributed by atoms with E-state index in [4.69, 9.17) is 4.74 Å². The molecule has 5 nitrogen and oxygen atoms in total. The third-order valence-corrected chi connectivity index (χ3v) is 2.99. The van der Waals surface area contributed by atoms with E-state index in [1.165, 1.54) is 7.11 Å². The van der Waals surface area contributed by atoms with Crippen LogP contribution in [0.25, 0.3) is 5.65 Å². The number of oxime groups is 1. The van der Waals surface area contributed by atoms with E-state index in [1.54, 1.807) is 6.21 Å². The largest absolute Gasteiger partial charge is 0.487 e. The molecule has 106 valence electrons. The zero-order valence-corrected chi connectivity index (χ0v) is 11.6. The number of benzene rings is 1. The van der Waals surface area contributed by atoms with E-state index in [9.17, 15) is 0 Å². The quantitative estimate of drug-likeness (QED) is 0.533. The Morgan fingerprint density at radius 3 is 2.81 bits per heavy atom. The summed E-state index contributed by atoms with van der Waals surface area (Å²) >= 11 is 0. The topological polar surface area (TPSA) is 48.1 Å². The number of hydrogen-bond donors (Lipinski definition) is 0. The summed E-state index contributed by atoms with van der Waals surface area (Å²) in [5.74, 6) is 0.793. The number of aromatic nitrogens is 2. The number of hydrogen-bond acceptors (Lipinski definition) is 4. The highest BCUT2D eigenvalue weighted by molar-refractivity contribution is 5.79. The predicted molar refractivity (Wildman–Crippen MR) is 80.6 cm³/mol. The van der Waals surface area contributed by atoms with E-state index < -0.39 is 0 Å². The lowest BCUT2D eigenvalue weighted by molar-refractivity contribution is 0.215. The first-order chi connectivity index (χ1) is 10.3. The molecule has 0 saturated heterocycles. The van der Waals surface area contributed by atoms with Crippen molar-refractivity contribution in [2.45, 2.75) is 6.61 Å². The lowest BCUT2D eigenvalue weighted by Crippen LogP contribution is -1.95. The van der Waals surface area contributed by atoms with Gasteiger partial charge in [-0.05, 0) is 42.0 Å². The molecular weight excluding hydrogens is 266 g/mol. The number of imidazole rings is 1. The number of nitrogens with zero attached hydrogens (tertiary/aromatic N) is 3. The molecular formula is C16H15N3O2. The maximum atomic E-state index is 5.73. The average Bonchev–Trinajstić information content (AvgIpc) is 2.95. The van der Waals surface area contributed by atoms with Gasteiger partial charge in [0.05, 0.1) is 11.9 Å². The number of pyridine rings is 1. The Labute approximate surface area is 122 Å². The number of rotatable bonds is 5. The zero-order chi connectivity index (χ0) is 14.5. The van der Waals surface area contributed by atoms with Gasteiger partial charge in [-0.2, -0.15) is 0 Å². The van der Waals surface area contributed by atoms with Gasteiger partial charge in [0, 0.05) is 12.4 Å². The SMILES string of the molecule is CO/N=C/c1ccc(OCc2cn3ccccc3n2)cc1. The second kappa shape index (κ2) is 6.09. The van der Waals surface area contributed by atoms with Crippen molar-refractivity contribution in [1.29, 1.82) is 0 Å². The Balaban J connectivity index is 1.65. The Bertz CT molecular complexity index is 715. The van der Waals surface area contributed by atoms with E-state index in [2.05, 4.69) is 15.0 Å². The van der Waals surface area contributed by atoms with Crippen LogP contribution in [0.15, 0.2) is 60.0 Å². The Morgan fingerprint density at radius 2 is 2.05 bits per heavy atom. The monoisotopic (exact) mass is 281 g/mol. The van der Waals surface area contributed by atoms with Crippen LogP contribution in [0.1, 0.15) is 11.3 Å². The molecule has 5 heteroatoms. The van der Waals surface area contributed by atoms with Crippen molar-refractivity contribution < 1.29 is 9.57 Å². The van der Waals surface area contributed by atoms with Crippen LogP contribution >= 0.6 is 0 Å². The van der Waals surface area contributed by atoms with Crippen LogP contribution in [-0.4, -0.2) is 22.7 Å². The molecule has 0 N–H and O–H groups in total. The van der Waals surface area contributed by atoms with Gasteiger partial charge in [-0.3, -0.25) is 0 Å². The molecule has 21 heavy (non-hydrogen) atoms. The molecule has 3 aromatic rings. The van der Waals surface area contributed by atoms with E-state index in [1.807, 2.05) is 59.3 Å². The predicted octanol–water partition coefficient (Wildman–Crippen LogP) is 2.89. The molecule has 0 atom stereocenters. The average molecular weight is 281 g/mol. The second-order valence-corrected chi connectivity index (χ2v) is 4.47. The maximum Gasteiger partial charge on any atom is 0.137 e. The van der Waals surface area contributed by atoms with E-state index in [-0.39, 0.29) is 0 Å². The third-order valence-electron chi connectivity index (χ3n) is 2.99. The molecule has 3 rings (SSSR count). The molecule has 1 aromatic carbocycles. The maximum absolute atomic E-state index is 5.73. The second-order valence-electron chi connectivity index (χ2n) is 4.47. The van der Waals surface area contributed by atoms with Gasteiger partial charge in [-0.25, -0.2) is 4.98 Å². The van der Waals surface area contributed by atoms with Crippen LogP contribution in [0, 0.1) is 0 Å².